The van der Waals surface area contributed by atoms with Crippen molar-refractivity contribution in [1.29, 1.82) is 0 Å². The highest BCUT2D eigenvalue weighted by Gasteiger charge is 2.58. The van der Waals surface area contributed by atoms with Gasteiger partial charge in [0.2, 0.25) is 0 Å². The second kappa shape index (κ2) is 12.6. The van der Waals surface area contributed by atoms with E-state index in [2.05, 4.69) is 224 Å². The second-order valence-electron chi connectivity index (χ2n) is 15.1. The molecule has 7 aromatic carbocycles. The Morgan fingerprint density at radius 2 is 0.981 bits per heavy atom. The van der Waals surface area contributed by atoms with E-state index in [0.717, 1.165) is 6.42 Å². The van der Waals surface area contributed by atoms with Gasteiger partial charge in [-0.05, 0) is 101 Å². The molecule has 0 saturated heterocycles. The highest BCUT2D eigenvalue weighted by molar-refractivity contribution is 5.93. The number of nitrogens with zero attached hydrogens (tertiary/aromatic N) is 2. The summed E-state index contributed by atoms with van der Waals surface area (Å²) in [4.78, 5) is 5.08. The van der Waals surface area contributed by atoms with Gasteiger partial charge in [-0.25, -0.2) is 0 Å². The average molecular weight is 695 g/mol. The van der Waals surface area contributed by atoms with Gasteiger partial charge in [-0.15, -0.1) is 0 Å². The molecule has 0 amide bonds. The van der Waals surface area contributed by atoms with Crippen LogP contribution in [0.1, 0.15) is 42.5 Å². The highest BCUT2D eigenvalue weighted by Crippen LogP contribution is 2.62. The van der Waals surface area contributed by atoms with E-state index in [1.807, 2.05) is 0 Å². The normalized spacial score (nSPS) is 21.0. The Balaban J connectivity index is 0.952. The summed E-state index contributed by atoms with van der Waals surface area (Å²) in [7, 11) is 0. The number of fused-ring (bicyclic) bond motifs is 4. The van der Waals surface area contributed by atoms with E-state index in [0.29, 0.717) is 6.04 Å². The third-order valence-corrected chi connectivity index (χ3v) is 12.5. The first-order valence-electron chi connectivity index (χ1n) is 19.1. The van der Waals surface area contributed by atoms with Gasteiger partial charge in [0.05, 0.1) is 11.6 Å². The van der Waals surface area contributed by atoms with E-state index < -0.39 is 0 Å². The van der Waals surface area contributed by atoms with Crippen LogP contribution in [0.5, 0.6) is 0 Å². The van der Waals surface area contributed by atoms with E-state index in [9.17, 15) is 0 Å². The lowest BCUT2D eigenvalue weighted by Gasteiger charge is -2.48. The number of allylic oxidation sites excluding steroid dienone is 2. The topological polar surface area (TPSA) is 6.48 Å². The van der Waals surface area contributed by atoms with Crippen LogP contribution < -0.4 is 9.80 Å². The van der Waals surface area contributed by atoms with E-state index >= 15 is 0 Å². The molecule has 54 heavy (non-hydrogen) atoms. The van der Waals surface area contributed by atoms with Crippen molar-refractivity contribution in [3.05, 3.63) is 222 Å². The lowest BCUT2D eigenvalue weighted by molar-refractivity contribution is 0.335. The van der Waals surface area contributed by atoms with Gasteiger partial charge in [-0.2, -0.15) is 0 Å². The molecule has 0 spiro atoms. The van der Waals surface area contributed by atoms with Crippen molar-refractivity contribution in [2.24, 2.45) is 0 Å². The van der Waals surface area contributed by atoms with Gasteiger partial charge in [0.25, 0.3) is 0 Å². The second-order valence-corrected chi connectivity index (χ2v) is 15.1. The molecule has 2 heteroatoms. The molecular weight excluding hydrogens is 653 g/mol. The van der Waals surface area contributed by atoms with Crippen molar-refractivity contribution in [1.82, 2.24) is 0 Å². The van der Waals surface area contributed by atoms with Crippen molar-refractivity contribution in [2.75, 3.05) is 9.80 Å². The monoisotopic (exact) mass is 694 g/mol. The van der Waals surface area contributed by atoms with Crippen LogP contribution in [0.2, 0.25) is 0 Å². The fourth-order valence-corrected chi connectivity index (χ4v) is 9.62. The molecule has 1 aliphatic carbocycles. The predicted octanol–water partition coefficient (Wildman–Crippen LogP) is 13.3. The maximum absolute atomic E-state index is 2.57. The molecule has 0 bridgehead atoms. The number of benzene rings is 7. The van der Waals surface area contributed by atoms with Crippen LogP contribution in [0.15, 0.2) is 200 Å². The molecule has 10 rings (SSSR count). The van der Waals surface area contributed by atoms with Crippen LogP contribution >= 0.6 is 0 Å². The summed E-state index contributed by atoms with van der Waals surface area (Å²) < 4.78 is 0. The summed E-state index contributed by atoms with van der Waals surface area (Å²) in [6, 6.07) is 67.4. The van der Waals surface area contributed by atoms with Gasteiger partial charge < -0.3 is 9.80 Å². The molecule has 0 aromatic heterocycles. The Morgan fingerprint density at radius 3 is 1.61 bits per heavy atom. The minimum atomic E-state index is -0.386. The molecule has 3 aliphatic rings. The summed E-state index contributed by atoms with van der Waals surface area (Å²) in [5.41, 5.74) is 15.8. The molecule has 0 fully saturated rings. The molecule has 260 valence electrons. The van der Waals surface area contributed by atoms with Gasteiger partial charge in [0, 0.05) is 33.7 Å². The zero-order chi connectivity index (χ0) is 36.3. The largest absolute Gasteiger partial charge is 0.333 e. The highest BCUT2D eigenvalue weighted by atomic mass is 15.3. The molecule has 3 unspecified atom stereocenters. The van der Waals surface area contributed by atoms with Gasteiger partial charge >= 0.3 is 0 Å². The van der Waals surface area contributed by atoms with Crippen LogP contribution in [0.4, 0.5) is 22.7 Å². The summed E-state index contributed by atoms with van der Waals surface area (Å²) in [6.45, 7) is 4.84. The third kappa shape index (κ3) is 4.80. The van der Waals surface area contributed by atoms with E-state index in [1.165, 1.54) is 72.8 Å². The van der Waals surface area contributed by atoms with Crippen molar-refractivity contribution >= 4 is 28.3 Å². The fourth-order valence-electron chi connectivity index (χ4n) is 9.62. The molecule has 2 aliphatic heterocycles. The van der Waals surface area contributed by atoms with Crippen LogP contribution in [0.25, 0.3) is 27.8 Å². The molecule has 7 aromatic rings. The summed E-state index contributed by atoms with van der Waals surface area (Å²) >= 11 is 0. The number of para-hydroxylation sites is 2. The third-order valence-electron chi connectivity index (χ3n) is 12.5. The van der Waals surface area contributed by atoms with E-state index in [1.54, 1.807) is 0 Å². The summed E-state index contributed by atoms with van der Waals surface area (Å²) in [6.07, 6.45) is 7.79. The van der Waals surface area contributed by atoms with Gasteiger partial charge in [0.15, 0.2) is 0 Å². The van der Waals surface area contributed by atoms with Crippen LogP contribution in [0, 0.1) is 0 Å². The summed E-state index contributed by atoms with van der Waals surface area (Å²) in [5, 5.41) is 0. The zero-order valence-electron chi connectivity index (χ0n) is 30.7. The Morgan fingerprint density at radius 1 is 0.481 bits per heavy atom. The van der Waals surface area contributed by atoms with Crippen molar-refractivity contribution in [3.63, 3.8) is 0 Å². The minimum Gasteiger partial charge on any atom is -0.333 e. The van der Waals surface area contributed by atoms with E-state index in [-0.39, 0.29) is 11.0 Å². The van der Waals surface area contributed by atoms with Crippen molar-refractivity contribution in [3.8, 4) is 22.3 Å². The smallest absolute Gasteiger partial charge is 0.0809 e. The Bertz CT molecular complexity index is 2530. The lowest BCUT2D eigenvalue weighted by atomic mass is 9.62. The Kier molecular flexibility index (Phi) is 7.56. The molecular formula is C52H42N2. The first kappa shape index (κ1) is 32.3. The number of anilines is 4. The maximum Gasteiger partial charge on any atom is 0.0809 e. The molecule has 0 saturated carbocycles. The van der Waals surface area contributed by atoms with Gasteiger partial charge in [0.1, 0.15) is 0 Å². The van der Waals surface area contributed by atoms with E-state index in [4.69, 9.17) is 0 Å². The SMILES string of the molecule is CC1(c2ccccc2)c2ccccc2N(c2ccc(-c3ccc(-c4ccc(N5c6ccccc6C6=CC=CCC65)cc4)cc3)cc2)C1(C)c1ccccc1. The Labute approximate surface area is 319 Å². The van der Waals surface area contributed by atoms with Crippen LogP contribution in [-0.2, 0) is 11.0 Å². The van der Waals surface area contributed by atoms with Crippen LogP contribution in [-0.4, -0.2) is 6.04 Å². The number of hydrogen-bond donors (Lipinski definition) is 0. The first-order chi connectivity index (χ1) is 26.6. The van der Waals surface area contributed by atoms with Gasteiger partial charge in [-0.1, -0.05) is 164 Å². The standard InChI is InChI=1S/C52H42N2/c1-51(41-15-5-3-6-16-41)47-21-11-14-24-50(47)54(52(51,2)42-17-7-4-8-18-42)44-35-31-40(32-36-44)38-27-25-37(26-28-38)39-29-33-43(34-30-39)53-48-22-12-9-19-45(48)46-20-10-13-23-49(46)53/h3-22,24-36,49H,23H2,1-2H3. The van der Waals surface area contributed by atoms with Crippen LogP contribution in [0.3, 0.4) is 0 Å². The molecule has 2 heterocycles. The molecule has 0 radical (unpaired) electrons. The lowest BCUT2D eigenvalue weighted by Crippen LogP contribution is -2.50. The van der Waals surface area contributed by atoms with Crippen molar-refractivity contribution in [2.45, 2.75) is 37.3 Å². The quantitative estimate of drug-likeness (QED) is 0.171. The van der Waals surface area contributed by atoms with Gasteiger partial charge in [-0.3, -0.25) is 0 Å². The zero-order valence-corrected chi connectivity index (χ0v) is 30.7. The molecule has 2 nitrogen and oxygen atoms in total. The Hall–Kier alpha value is -6.38. The summed E-state index contributed by atoms with van der Waals surface area (Å²) in [5.74, 6) is 0. The molecule has 0 N–H and O–H groups in total. The predicted molar refractivity (Wildman–Crippen MR) is 227 cm³/mol. The average Bonchev–Trinajstić information content (AvgIpc) is 3.69. The molecule has 3 atom stereocenters. The fraction of sp³-hybridized carbons (Fsp3) is 0.115. The van der Waals surface area contributed by atoms with Crippen molar-refractivity contribution < 1.29 is 0 Å². The number of rotatable bonds is 6. The number of hydrogen-bond acceptors (Lipinski definition) is 2. The first-order valence-corrected chi connectivity index (χ1v) is 19.1. The minimum absolute atomic E-state index is 0.301. The maximum atomic E-state index is 2.57.